The molecule has 1 saturated carbocycles. The fraction of sp³-hybridized carbons (Fsp3) is 1.00. The average Bonchev–Trinajstić information content (AvgIpc) is 2.02. The van der Waals surface area contributed by atoms with Crippen LogP contribution < -0.4 is 5.32 Å². The van der Waals surface area contributed by atoms with Gasteiger partial charge in [-0.3, -0.25) is 0 Å². The summed E-state index contributed by atoms with van der Waals surface area (Å²) in [7, 11) is 0. The molecular weight excluding hydrogens is 150 g/mol. The van der Waals surface area contributed by atoms with Crippen LogP contribution in [0.2, 0.25) is 0 Å². The summed E-state index contributed by atoms with van der Waals surface area (Å²) in [5.41, 5.74) is 0. The van der Waals surface area contributed by atoms with Gasteiger partial charge in [-0.25, -0.2) is 0 Å². The van der Waals surface area contributed by atoms with E-state index in [9.17, 15) is 0 Å². The predicted molar refractivity (Wildman–Crippen MR) is 49.2 cm³/mol. The SMILES string of the molecule is CCC1CNCC(C2CCC2)O1. The molecule has 2 aliphatic rings. The molecule has 70 valence electrons. The van der Waals surface area contributed by atoms with Gasteiger partial charge in [-0.05, 0) is 25.2 Å². The van der Waals surface area contributed by atoms with Gasteiger partial charge in [-0.1, -0.05) is 13.3 Å². The molecule has 1 aliphatic carbocycles. The molecule has 1 aliphatic heterocycles. The molecule has 2 heteroatoms. The van der Waals surface area contributed by atoms with Crippen LogP contribution in [0.4, 0.5) is 0 Å². The van der Waals surface area contributed by atoms with Crippen molar-refractivity contribution in [2.45, 2.75) is 44.8 Å². The third kappa shape index (κ3) is 1.64. The lowest BCUT2D eigenvalue weighted by Gasteiger charge is -2.39. The predicted octanol–water partition coefficient (Wildman–Crippen LogP) is 1.55. The summed E-state index contributed by atoms with van der Waals surface area (Å²) in [4.78, 5) is 0. The topological polar surface area (TPSA) is 21.3 Å². The standard InChI is InChI=1S/C10H19NO/c1-2-9-6-11-7-10(12-9)8-4-3-5-8/h8-11H,2-7H2,1H3. The summed E-state index contributed by atoms with van der Waals surface area (Å²) < 4.78 is 5.98. The van der Waals surface area contributed by atoms with Gasteiger partial charge in [-0.2, -0.15) is 0 Å². The van der Waals surface area contributed by atoms with Crippen LogP contribution in [-0.4, -0.2) is 25.3 Å². The molecule has 0 radical (unpaired) electrons. The van der Waals surface area contributed by atoms with Crippen molar-refractivity contribution in [3.8, 4) is 0 Å². The summed E-state index contributed by atoms with van der Waals surface area (Å²) in [6, 6.07) is 0. The molecule has 1 N–H and O–H groups in total. The highest BCUT2D eigenvalue weighted by atomic mass is 16.5. The first-order chi connectivity index (χ1) is 5.90. The van der Waals surface area contributed by atoms with Crippen LogP contribution >= 0.6 is 0 Å². The molecule has 0 spiro atoms. The number of hydrogen-bond donors (Lipinski definition) is 1. The molecule has 0 bridgehead atoms. The summed E-state index contributed by atoms with van der Waals surface area (Å²) in [5.74, 6) is 0.867. The summed E-state index contributed by atoms with van der Waals surface area (Å²) in [5, 5.41) is 3.46. The van der Waals surface area contributed by atoms with E-state index in [1.165, 1.54) is 19.3 Å². The number of ether oxygens (including phenoxy) is 1. The van der Waals surface area contributed by atoms with E-state index in [0.29, 0.717) is 12.2 Å². The Morgan fingerprint density at radius 3 is 2.75 bits per heavy atom. The van der Waals surface area contributed by atoms with Crippen molar-refractivity contribution in [3.63, 3.8) is 0 Å². The first-order valence-corrected chi connectivity index (χ1v) is 5.26. The third-order valence-corrected chi connectivity index (χ3v) is 3.22. The molecule has 0 aromatic carbocycles. The Labute approximate surface area is 74.7 Å². The van der Waals surface area contributed by atoms with Gasteiger partial charge in [0.1, 0.15) is 0 Å². The van der Waals surface area contributed by atoms with Crippen LogP contribution in [0.15, 0.2) is 0 Å². The minimum absolute atomic E-state index is 0.476. The monoisotopic (exact) mass is 169 g/mol. The smallest absolute Gasteiger partial charge is 0.0731 e. The van der Waals surface area contributed by atoms with Crippen LogP contribution in [-0.2, 0) is 4.74 Å². The van der Waals surface area contributed by atoms with E-state index in [0.717, 1.165) is 25.4 Å². The molecule has 0 aromatic rings. The van der Waals surface area contributed by atoms with Crippen molar-refractivity contribution in [2.75, 3.05) is 13.1 Å². The zero-order valence-corrected chi connectivity index (χ0v) is 7.88. The van der Waals surface area contributed by atoms with Crippen molar-refractivity contribution in [1.82, 2.24) is 5.32 Å². The third-order valence-electron chi connectivity index (χ3n) is 3.22. The van der Waals surface area contributed by atoms with Crippen LogP contribution in [0.3, 0.4) is 0 Å². The second-order valence-electron chi connectivity index (χ2n) is 4.05. The first-order valence-electron chi connectivity index (χ1n) is 5.26. The van der Waals surface area contributed by atoms with Gasteiger partial charge in [0.25, 0.3) is 0 Å². The maximum Gasteiger partial charge on any atom is 0.0731 e. The van der Waals surface area contributed by atoms with E-state index in [1.54, 1.807) is 0 Å². The van der Waals surface area contributed by atoms with E-state index in [1.807, 2.05) is 0 Å². The van der Waals surface area contributed by atoms with E-state index >= 15 is 0 Å². The fourth-order valence-electron chi connectivity index (χ4n) is 2.06. The van der Waals surface area contributed by atoms with Crippen molar-refractivity contribution >= 4 is 0 Å². The lowest BCUT2D eigenvalue weighted by atomic mass is 9.80. The normalized spacial score (nSPS) is 37.8. The largest absolute Gasteiger partial charge is 0.372 e. The van der Waals surface area contributed by atoms with Crippen LogP contribution in [0.5, 0.6) is 0 Å². The van der Waals surface area contributed by atoms with Gasteiger partial charge in [0.05, 0.1) is 12.2 Å². The number of rotatable bonds is 2. The van der Waals surface area contributed by atoms with Crippen LogP contribution in [0, 0.1) is 5.92 Å². The molecule has 12 heavy (non-hydrogen) atoms. The Morgan fingerprint density at radius 2 is 2.17 bits per heavy atom. The molecule has 2 fully saturated rings. The van der Waals surface area contributed by atoms with E-state index < -0.39 is 0 Å². The quantitative estimate of drug-likeness (QED) is 0.677. The molecule has 1 saturated heterocycles. The lowest BCUT2D eigenvalue weighted by molar-refractivity contribution is -0.0822. The second kappa shape index (κ2) is 3.75. The Balaban J connectivity index is 1.81. The molecule has 0 aromatic heterocycles. The van der Waals surface area contributed by atoms with Crippen molar-refractivity contribution < 1.29 is 4.74 Å². The summed E-state index contributed by atoms with van der Waals surface area (Å²) >= 11 is 0. The van der Waals surface area contributed by atoms with Gasteiger partial charge in [0, 0.05) is 13.1 Å². The number of morpholine rings is 1. The van der Waals surface area contributed by atoms with Crippen molar-refractivity contribution in [2.24, 2.45) is 5.92 Å². The van der Waals surface area contributed by atoms with Gasteiger partial charge in [-0.15, -0.1) is 0 Å². The first kappa shape index (κ1) is 8.52. The molecular formula is C10H19NO. The van der Waals surface area contributed by atoms with Gasteiger partial charge < -0.3 is 10.1 Å². The molecule has 2 atom stereocenters. The molecule has 2 rings (SSSR count). The maximum absolute atomic E-state index is 5.98. The summed E-state index contributed by atoms with van der Waals surface area (Å²) in [6.45, 7) is 4.34. The maximum atomic E-state index is 5.98. The Bertz CT molecular complexity index is 145. The summed E-state index contributed by atoms with van der Waals surface area (Å²) in [6.07, 6.45) is 6.35. The van der Waals surface area contributed by atoms with Crippen LogP contribution in [0.1, 0.15) is 32.6 Å². The average molecular weight is 169 g/mol. The molecule has 2 unspecified atom stereocenters. The molecule has 0 amide bonds. The Morgan fingerprint density at radius 1 is 1.33 bits per heavy atom. The lowest BCUT2D eigenvalue weighted by Crippen LogP contribution is -2.48. The van der Waals surface area contributed by atoms with Crippen molar-refractivity contribution in [3.05, 3.63) is 0 Å². The highest BCUT2D eigenvalue weighted by Crippen LogP contribution is 2.32. The second-order valence-corrected chi connectivity index (χ2v) is 4.05. The Hall–Kier alpha value is -0.0800. The van der Waals surface area contributed by atoms with E-state index in [-0.39, 0.29) is 0 Å². The van der Waals surface area contributed by atoms with E-state index in [4.69, 9.17) is 4.74 Å². The van der Waals surface area contributed by atoms with Gasteiger partial charge >= 0.3 is 0 Å². The minimum atomic E-state index is 0.476. The van der Waals surface area contributed by atoms with Crippen LogP contribution in [0.25, 0.3) is 0 Å². The highest BCUT2D eigenvalue weighted by molar-refractivity contribution is 4.84. The Kier molecular flexibility index (Phi) is 2.66. The number of nitrogens with one attached hydrogen (secondary N) is 1. The minimum Gasteiger partial charge on any atom is -0.372 e. The van der Waals surface area contributed by atoms with Gasteiger partial charge in [0.2, 0.25) is 0 Å². The van der Waals surface area contributed by atoms with Crippen molar-refractivity contribution in [1.29, 1.82) is 0 Å². The highest BCUT2D eigenvalue weighted by Gasteiger charge is 2.31. The number of hydrogen-bond acceptors (Lipinski definition) is 2. The fourth-order valence-corrected chi connectivity index (χ4v) is 2.06. The zero-order chi connectivity index (χ0) is 8.39. The molecule has 1 heterocycles. The molecule has 2 nitrogen and oxygen atoms in total. The zero-order valence-electron chi connectivity index (χ0n) is 7.88. The van der Waals surface area contributed by atoms with Gasteiger partial charge in [0.15, 0.2) is 0 Å². The van der Waals surface area contributed by atoms with E-state index in [2.05, 4.69) is 12.2 Å².